The van der Waals surface area contributed by atoms with Crippen molar-refractivity contribution in [1.82, 2.24) is 9.78 Å². The van der Waals surface area contributed by atoms with Crippen LogP contribution in [0.25, 0.3) is 10.6 Å². The van der Waals surface area contributed by atoms with Crippen molar-refractivity contribution in [1.29, 1.82) is 0 Å². The summed E-state index contributed by atoms with van der Waals surface area (Å²) < 4.78 is 1.08. The summed E-state index contributed by atoms with van der Waals surface area (Å²) in [5, 5.41) is 8.70. The molecule has 1 aromatic carbocycles. The van der Waals surface area contributed by atoms with Gasteiger partial charge in [-0.2, -0.15) is 5.10 Å². The molecule has 25 heavy (non-hydrogen) atoms. The Balaban J connectivity index is 1.81. The van der Waals surface area contributed by atoms with Gasteiger partial charge >= 0.3 is 0 Å². The number of hydrogen-bond donors (Lipinski definition) is 2. The van der Waals surface area contributed by atoms with Crippen LogP contribution in [0.15, 0.2) is 58.7 Å². The van der Waals surface area contributed by atoms with Crippen molar-refractivity contribution in [2.75, 3.05) is 5.32 Å². The minimum atomic E-state index is -0.647. The number of hydrogen-bond acceptors (Lipinski definition) is 5. The van der Waals surface area contributed by atoms with Gasteiger partial charge in [0.15, 0.2) is 0 Å². The van der Waals surface area contributed by atoms with Crippen molar-refractivity contribution in [3.63, 3.8) is 0 Å². The minimum absolute atomic E-state index is 0.198. The van der Waals surface area contributed by atoms with E-state index in [4.69, 9.17) is 5.73 Å². The van der Waals surface area contributed by atoms with Crippen molar-refractivity contribution in [2.24, 2.45) is 5.73 Å². The summed E-state index contributed by atoms with van der Waals surface area (Å²) >= 11 is 1.49. The van der Waals surface area contributed by atoms with Crippen molar-refractivity contribution in [2.45, 2.75) is 6.54 Å². The maximum Gasteiger partial charge on any atom is 0.267 e. The number of nitrogens with one attached hydrogen (secondary N) is 1. The van der Waals surface area contributed by atoms with E-state index in [1.807, 2.05) is 17.5 Å². The summed E-state index contributed by atoms with van der Waals surface area (Å²) in [6, 6.07) is 13.1. The van der Waals surface area contributed by atoms with Crippen LogP contribution in [0.2, 0.25) is 0 Å². The summed E-state index contributed by atoms with van der Waals surface area (Å²) in [5.74, 6) is -1.13. The molecule has 0 aliphatic heterocycles. The maximum absolute atomic E-state index is 12.2. The van der Waals surface area contributed by atoms with E-state index in [2.05, 4.69) is 10.4 Å². The number of carbonyl (C=O) groups excluding carboxylic acids is 2. The van der Waals surface area contributed by atoms with Crippen molar-refractivity contribution >= 4 is 28.8 Å². The second kappa shape index (κ2) is 7.10. The van der Waals surface area contributed by atoms with E-state index in [1.165, 1.54) is 23.5 Å². The first-order chi connectivity index (χ1) is 12.0. The van der Waals surface area contributed by atoms with Crippen LogP contribution < -0.4 is 16.6 Å². The zero-order valence-corrected chi connectivity index (χ0v) is 13.8. The average Bonchev–Trinajstić information content (AvgIpc) is 3.11. The molecule has 126 valence electrons. The Morgan fingerprint density at radius 2 is 1.92 bits per heavy atom. The number of para-hydroxylation sites is 1. The molecule has 2 aromatic heterocycles. The van der Waals surface area contributed by atoms with Crippen LogP contribution in [-0.4, -0.2) is 21.6 Å². The van der Waals surface area contributed by atoms with Crippen LogP contribution in [0, 0.1) is 0 Å². The van der Waals surface area contributed by atoms with Crippen molar-refractivity contribution in [3.8, 4) is 10.6 Å². The number of benzene rings is 1. The fourth-order valence-electron chi connectivity index (χ4n) is 2.25. The van der Waals surface area contributed by atoms with Gasteiger partial charge in [-0.15, -0.1) is 11.3 Å². The predicted molar refractivity (Wildman–Crippen MR) is 95.4 cm³/mol. The molecule has 0 saturated heterocycles. The molecule has 0 bridgehead atoms. The summed E-state index contributed by atoms with van der Waals surface area (Å²) in [7, 11) is 0. The second-order valence-corrected chi connectivity index (χ2v) is 6.10. The Morgan fingerprint density at radius 1 is 1.12 bits per heavy atom. The standard InChI is InChI=1S/C17H14N4O3S/c18-17(24)11-4-1-2-5-12(11)19-15(22)10-21-16(23)8-7-13(20-21)14-6-3-9-25-14/h1-9H,10H2,(H2,18,24)(H,19,22). The number of rotatable bonds is 5. The first-order valence-electron chi connectivity index (χ1n) is 7.35. The lowest BCUT2D eigenvalue weighted by Gasteiger charge is -2.10. The van der Waals surface area contributed by atoms with E-state index in [9.17, 15) is 14.4 Å². The zero-order valence-electron chi connectivity index (χ0n) is 13.0. The third kappa shape index (κ3) is 3.81. The highest BCUT2D eigenvalue weighted by molar-refractivity contribution is 7.13. The Hall–Kier alpha value is -3.26. The molecule has 2 amide bonds. The van der Waals surface area contributed by atoms with E-state index in [0.29, 0.717) is 11.4 Å². The number of aromatic nitrogens is 2. The number of primary amides is 1. The molecule has 8 heteroatoms. The van der Waals surface area contributed by atoms with Crippen LogP contribution in [0.4, 0.5) is 5.69 Å². The van der Waals surface area contributed by atoms with E-state index >= 15 is 0 Å². The number of thiophene rings is 1. The Kier molecular flexibility index (Phi) is 4.71. The van der Waals surface area contributed by atoms with Crippen LogP contribution in [-0.2, 0) is 11.3 Å². The summed E-state index contributed by atoms with van der Waals surface area (Å²) in [5.41, 5.74) is 6.00. The Labute approximate surface area is 146 Å². The van der Waals surface area contributed by atoms with Gasteiger partial charge in [-0.3, -0.25) is 14.4 Å². The van der Waals surface area contributed by atoms with E-state index in [-0.39, 0.29) is 12.1 Å². The SMILES string of the molecule is NC(=O)c1ccccc1NC(=O)Cn1nc(-c2cccs2)ccc1=O. The third-order valence-electron chi connectivity index (χ3n) is 3.40. The number of amides is 2. The molecule has 0 fully saturated rings. The molecular weight excluding hydrogens is 340 g/mol. The van der Waals surface area contributed by atoms with E-state index < -0.39 is 17.4 Å². The summed E-state index contributed by atoms with van der Waals surface area (Å²) in [4.78, 5) is 36.5. The Bertz CT molecular complexity index is 980. The minimum Gasteiger partial charge on any atom is -0.366 e. The predicted octanol–water partition coefficient (Wildman–Crippen LogP) is 1.71. The molecule has 0 unspecified atom stereocenters. The molecule has 3 rings (SSSR count). The normalized spacial score (nSPS) is 10.4. The molecule has 0 radical (unpaired) electrons. The van der Waals surface area contributed by atoms with Gasteiger partial charge in [0, 0.05) is 6.07 Å². The summed E-state index contributed by atoms with van der Waals surface area (Å²) in [6.07, 6.45) is 0. The lowest BCUT2D eigenvalue weighted by Crippen LogP contribution is -2.29. The summed E-state index contributed by atoms with van der Waals surface area (Å²) in [6.45, 7) is -0.273. The second-order valence-electron chi connectivity index (χ2n) is 5.15. The van der Waals surface area contributed by atoms with Crippen molar-refractivity contribution < 1.29 is 9.59 Å². The van der Waals surface area contributed by atoms with Gasteiger partial charge in [0.05, 0.1) is 16.1 Å². The fraction of sp³-hybridized carbons (Fsp3) is 0.0588. The van der Waals surface area contributed by atoms with E-state index in [1.54, 1.807) is 24.3 Å². The zero-order chi connectivity index (χ0) is 17.8. The Morgan fingerprint density at radius 3 is 2.64 bits per heavy atom. The van der Waals surface area contributed by atoms with Crippen LogP contribution in [0.5, 0.6) is 0 Å². The van der Waals surface area contributed by atoms with Crippen LogP contribution in [0.3, 0.4) is 0 Å². The van der Waals surface area contributed by atoms with Crippen molar-refractivity contribution in [3.05, 3.63) is 69.8 Å². The van der Waals surface area contributed by atoms with Crippen LogP contribution in [0.1, 0.15) is 10.4 Å². The smallest absolute Gasteiger partial charge is 0.267 e. The average molecular weight is 354 g/mol. The quantitative estimate of drug-likeness (QED) is 0.727. The van der Waals surface area contributed by atoms with Gasteiger partial charge < -0.3 is 11.1 Å². The molecule has 7 nitrogen and oxygen atoms in total. The largest absolute Gasteiger partial charge is 0.366 e. The number of nitrogens with zero attached hydrogens (tertiary/aromatic N) is 2. The number of anilines is 1. The molecule has 0 aliphatic carbocycles. The van der Waals surface area contributed by atoms with Gasteiger partial charge in [-0.25, -0.2) is 4.68 Å². The first kappa shape index (κ1) is 16.6. The highest BCUT2D eigenvalue weighted by Gasteiger charge is 2.12. The maximum atomic E-state index is 12.2. The number of carbonyl (C=O) groups is 2. The number of nitrogens with two attached hydrogens (primary N) is 1. The van der Waals surface area contributed by atoms with Crippen LogP contribution >= 0.6 is 11.3 Å². The van der Waals surface area contributed by atoms with Gasteiger partial charge in [0.25, 0.3) is 11.5 Å². The molecule has 0 atom stereocenters. The van der Waals surface area contributed by atoms with Gasteiger partial charge in [-0.1, -0.05) is 18.2 Å². The monoisotopic (exact) mass is 354 g/mol. The molecular formula is C17H14N4O3S. The topological polar surface area (TPSA) is 107 Å². The highest BCUT2D eigenvalue weighted by atomic mass is 32.1. The van der Waals surface area contributed by atoms with Gasteiger partial charge in [0.2, 0.25) is 5.91 Å². The molecule has 3 N–H and O–H groups in total. The van der Waals surface area contributed by atoms with Gasteiger partial charge in [0.1, 0.15) is 12.2 Å². The fourth-order valence-corrected chi connectivity index (χ4v) is 2.94. The first-order valence-corrected chi connectivity index (χ1v) is 8.23. The van der Waals surface area contributed by atoms with E-state index in [0.717, 1.165) is 9.56 Å². The highest BCUT2D eigenvalue weighted by Crippen LogP contribution is 2.21. The molecule has 0 spiro atoms. The molecule has 2 heterocycles. The molecule has 0 aliphatic rings. The lowest BCUT2D eigenvalue weighted by molar-refractivity contribution is -0.117. The lowest BCUT2D eigenvalue weighted by atomic mass is 10.1. The molecule has 0 saturated carbocycles. The molecule has 3 aromatic rings. The van der Waals surface area contributed by atoms with Gasteiger partial charge in [-0.05, 0) is 29.6 Å². The third-order valence-corrected chi connectivity index (χ3v) is 4.29.